The fourth-order valence-electron chi connectivity index (χ4n) is 1.46. The summed E-state index contributed by atoms with van der Waals surface area (Å²) >= 11 is 3.37. The van der Waals surface area contributed by atoms with Gasteiger partial charge in [0.15, 0.2) is 0 Å². The number of benzene rings is 1. The molecule has 0 spiro atoms. The molecule has 0 saturated carbocycles. The van der Waals surface area contributed by atoms with E-state index in [0.29, 0.717) is 6.42 Å². The van der Waals surface area contributed by atoms with Crippen LogP contribution < -0.4 is 0 Å². The monoisotopic (exact) mass is 252 g/mol. The van der Waals surface area contributed by atoms with E-state index in [0.717, 1.165) is 21.0 Å². The number of rotatable bonds is 2. The lowest BCUT2D eigenvalue weighted by molar-refractivity contribution is -0.116. The number of carbonyl (C=O) groups excluding carboxylic acids is 1. The SMILES string of the molecule is CC(=O)Cc1coc2cc(Br)ccc12. The molecule has 0 radical (unpaired) electrons. The van der Waals surface area contributed by atoms with Crippen molar-refractivity contribution in [1.82, 2.24) is 0 Å². The van der Waals surface area contributed by atoms with Crippen molar-refractivity contribution in [1.29, 1.82) is 0 Å². The molecule has 0 bridgehead atoms. The largest absolute Gasteiger partial charge is 0.464 e. The maximum Gasteiger partial charge on any atom is 0.135 e. The second kappa shape index (κ2) is 3.58. The van der Waals surface area contributed by atoms with Crippen molar-refractivity contribution in [2.75, 3.05) is 0 Å². The smallest absolute Gasteiger partial charge is 0.135 e. The number of halogens is 1. The molecule has 2 rings (SSSR count). The van der Waals surface area contributed by atoms with Gasteiger partial charge in [0.1, 0.15) is 11.4 Å². The number of hydrogen-bond donors (Lipinski definition) is 0. The van der Waals surface area contributed by atoms with E-state index in [1.807, 2.05) is 18.2 Å². The molecular weight excluding hydrogens is 244 g/mol. The minimum atomic E-state index is 0.149. The van der Waals surface area contributed by atoms with Crippen LogP contribution in [0.2, 0.25) is 0 Å². The Morgan fingerprint density at radius 2 is 2.29 bits per heavy atom. The zero-order valence-corrected chi connectivity index (χ0v) is 9.30. The van der Waals surface area contributed by atoms with Crippen molar-refractivity contribution >= 4 is 32.7 Å². The number of ketones is 1. The Balaban J connectivity index is 2.52. The van der Waals surface area contributed by atoms with E-state index in [9.17, 15) is 4.79 Å². The molecule has 3 heteroatoms. The second-order valence-corrected chi connectivity index (χ2v) is 4.20. The van der Waals surface area contributed by atoms with E-state index >= 15 is 0 Å². The van der Waals surface area contributed by atoms with Crippen molar-refractivity contribution in [3.05, 3.63) is 34.5 Å². The molecule has 1 aromatic carbocycles. The fraction of sp³-hybridized carbons (Fsp3) is 0.182. The molecule has 2 aromatic rings. The summed E-state index contributed by atoms with van der Waals surface area (Å²) in [5, 5.41) is 1.02. The third kappa shape index (κ3) is 1.73. The molecule has 1 aromatic heterocycles. The first-order valence-electron chi connectivity index (χ1n) is 4.32. The Hall–Kier alpha value is -1.09. The van der Waals surface area contributed by atoms with Gasteiger partial charge in [0.05, 0.1) is 6.26 Å². The van der Waals surface area contributed by atoms with Gasteiger partial charge in [-0.15, -0.1) is 0 Å². The number of fused-ring (bicyclic) bond motifs is 1. The summed E-state index contributed by atoms with van der Waals surface area (Å²) in [5.74, 6) is 0.149. The first-order chi connectivity index (χ1) is 6.66. The normalized spacial score (nSPS) is 10.7. The molecule has 0 aliphatic rings. The first kappa shape index (κ1) is 9.46. The van der Waals surface area contributed by atoms with Gasteiger partial charge in [-0.1, -0.05) is 15.9 Å². The summed E-state index contributed by atoms with van der Waals surface area (Å²) in [6, 6.07) is 5.81. The Labute approximate surface area is 90.0 Å². The van der Waals surface area contributed by atoms with Crippen LogP contribution in [0.3, 0.4) is 0 Å². The number of hydrogen-bond acceptors (Lipinski definition) is 2. The quantitative estimate of drug-likeness (QED) is 0.821. The topological polar surface area (TPSA) is 30.2 Å². The van der Waals surface area contributed by atoms with Crippen LogP contribution in [0, 0.1) is 0 Å². The van der Waals surface area contributed by atoms with Crippen LogP contribution in [-0.2, 0) is 11.2 Å². The molecule has 72 valence electrons. The summed E-state index contributed by atoms with van der Waals surface area (Å²) in [5.41, 5.74) is 1.77. The predicted molar refractivity (Wildman–Crippen MR) is 58.3 cm³/mol. The standard InChI is InChI=1S/C11H9BrO2/c1-7(13)4-8-6-14-11-5-9(12)2-3-10(8)11/h2-3,5-6H,4H2,1H3. The van der Waals surface area contributed by atoms with Gasteiger partial charge < -0.3 is 4.42 Å². The summed E-state index contributed by atoms with van der Waals surface area (Å²) in [6.45, 7) is 1.58. The maximum atomic E-state index is 11.0. The van der Waals surface area contributed by atoms with Gasteiger partial charge in [0, 0.05) is 21.8 Å². The minimum Gasteiger partial charge on any atom is -0.464 e. The molecule has 0 amide bonds. The van der Waals surface area contributed by atoms with Crippen LogP contribution in [0.25, 0.3) is 11.0 Å². The van der Waals surface area contributed by atoms with E-state index in [1.165, 1.54) is 0 Å². The summed E-state index contributed by atoms with van der Waals surface area (Å²) < 4.78 is 6.33. The van der Waals surface area contributed by atoms with Crippen LogP contribution in [0.1, 0.15) is 12.5 Å². The van der Waals surface area contributed by atoms with Crippen LogP contribution in [0.15, 0.2) is 33.4 Å². The van der Waals surface area contributed by atoms with Gasteiger partial charge in [-0.25, -0.2) is 0 Å². The van der Waals surface area contributed by atoms with Crippen molar-refractivity contribution < 1.29 is 9.21 Å². The van der Waals surface area contributed by atoms with Gasteiger partial charge in [0.25, 0.3) is 0 Å². The summed E-state index contributed by atoms with van der Waals surface area (Å²) in [6.07, 6.45) is 2.09. The van der Waals surface area contributed by atoms with Gasteiger partial charge in [-0.05, 0) is 25.1 Å². The average molecular weight is 253 g/mol. The zero-order valence-electron chi connectivity index (χ0n) is 7.71. The molecule has 0 N–H and O–H groups in total. The second-order valence-electron chi connectivity index (χ2n) is 3.28. The van der Waals surface area contributed by atoms with E-state index in [-0.39, 0.29) is 5.78 Å². The van der Waals surface area contributed by atoms with Crippen LogP contribution >= 0.6 is 15.9 Å². The highest BCUT2D eigenvalue weighted by Crippen LogP contribution is 2.24. The van der Waals surface area contributed by atoms with Gasteiger partial charge >= 0.3 is 0 Å². The van der Waals surface area contributed by atoms with Crippen molar-refractivity contribution in [2.45, 2.75) is 13.3 Å². The average Bonchev–Trinajstić information content (AvgIpc) is 2.47. The Kier molecular flexibility index (Phi) is 2.42. The molecule has 0 fully saturated rings. The van der Waals surface area contributed by atoms with Crippen molar-refractivity contribution in [2.24, 2.45) is 0 Å². The van der Waals surface area contributed by atoms with Crippen LogP contribution in [0.5, 0.6) is 0 Å². The lowest BCUT2D eigenvalue weighted by Gasteiger charge is -1.93. The zero-order chi connectivity index (χ0) is 10.1. The number of carbonyl (C=O) groups is 1. The van der Waals surface area contributed by atoms with E-state index < -0.39 is 0 Å². The minimum absolute atomic E-state index is 0.149. The van der Waals surface area contributed by atoms with Crippen molar-refractivity contribution in [3.63, 3.8) is 0 Å². The molecule has 0 aliphatic heterocycles. The summed E-state index contributed by atoms with van der Waals surface area (Å²) in [7, 11) is 0. The third-order valence-electron chi connectivity index (χ3n) is 2.06. The molecule has 0 aliphatic carbocycles. The Bertz CT molecular complexity index is 485. The highest BCUT2D eigenvalue weighted by Gasteiger charge is 2.07. The molecular formula is C11H9BrO2. The third-order valence-corrected chi connectivity index (χ3v) is 2.55. The molecule has 0 unspecified atom stereocenters. The molecule has 14 heavy (non-hydrogen) atoms. The van der Waals surface area contributed by atoms with Crippen LogP contribution in [0.4, 0.5) is 0 Å². The summed E-state index contributed by atoms with van der Waals surface area (Å²) in [4.78, 5) is 11.0. The van der Waals surface area contributed by atoms with Crippen molar-refractivity contribution in [3.8, 4) is 0 Å². The molecule has 2 nitrogen and oxygen atoms in total. The number of furan rings is 1. The number of Topliss-reactive ketones (excluding diaryl/α,β-unsaturated/α-hetero) is 1. The van der Waals surface area contributed by atoms with Gasteiger partial charge in [-0.2, -0.15) is 0 Å². The van der Waals surface area contributed by atoms with Gasteiger partial charge in [0.2, 0.25) is 0 Å². The first-order valence-corrected chi connectivity index (χ1v) is 5.11. The van der Waals surface area contributed by atoms with Crippen LogP contribution in [-0.4, -0.2) is 5.78 Å². The van der Waals surface area contributed by atoms with E-state index in [2.05, 4.69) is 15.9 Å². The highest BCUT2D eigenvalue weighted by atomic mass is 79.9. The maximum absolute atomic E-state index is 11.0. The Morgan fingerprint density at radius 1 is 1.50 bits per heavy atom. The highest BCUT2D eigenvalue weighted by molar-refractivity contribution is 9.10. The van der Waals surface area contributed by atoms with E-state index in [4.69, 9.17) is 4.42 Å². The van der Waals surface area contributed by atoms with E-state index in [1.54, 1.807) is 13.2 Å². The lowest BCUT2D eigenvalue weighted by Crippen LogP contribution is -1.94. The molecule has 1 heterocycles. The molecule has 0 atom stereocenters. The molecule has 0 saturated heterocycles. The Morgan fingerprint density at radius 3 is 3.00 bits per heavy atom. The predicted octanol–water partition coefficient (Wildman–Crippen LogP) is 3.33. The lowest BCUT2D eigenvalue weighted by atomic mass is 10.1. The van der Waals surface area contributed by atoms with Gasteiger partial charge in [-0.3, -0.25) is 4.79 Å². The fourth-order valence-corrected chi connectivity index (χ4v) is 1.80.